The Labute approximate surface area is 208 Å². The first-order valence-corrected chi connectivity index (χ1v) is 19.1. The summed E-state index contributed by atoms with van der Waals surface area (Å²) in [7, 11) is -1.64. The lowest BCUT2D eigenvalue weighted by molar-refractivity contribution is -0.229. The SMILES string of the molecule is CCCCC/C=C\C[C@@H]1[C@@H](CO[Si](CC)(CC)CC)O[C@H](OC)C[C@H]1O[Si](CC)(CC)CC. The zero-order chi connectivity index (χ0) is 24.7. The number of methoxy groups -OCH3 is 1. The van der Waals surface area contributed by atoms with Gasteiger partial charge in [-0.3, -0.25) is 0 Å². The van der Waals surface area contributed by atoms with Crippen molar-refractivity contribution in [2.45, 2.75) is 142 Å². The van der Waals surface area contributed by atoms with Crippen molar-refractivity contribution < 1.29 is 18.3 Å². The van der Waals surface area contributed by atoms with E-state index >= 15 is 0 Å². The Bertz CT molecular complexity index is 504. The van der Waals surface area contributed by atoms with Crippen LogP contribution in [0.3, 0.4) is 0 Å². The van der Waals surface area contributed by atoms with Gasteiger partial charge in [-0.15, -0.1) is 0 Å². The van der Waals surface area contributed by atoms with E-state index in [1.54, 1.807) is 7.11 Å². The predicted molar refractivity (Wildman–Crippen MR) is 147 cm³/mol. The summed E-state index contributed by atoms with van der Waals surface area (Å²) in [6.45, 7) is 16.8. The molecule has 33 heavy (non-hydrogen) atoms. The van der Waals surface area contributed by atoms with E-state index in [0.29, 0.717) is 12.5 Å². The summed E-state index contributed by atoms with van der Waals surface area (Å²) in [5.74, 6) is 0.326. The monoisotopic (exact) mass is 500 g/mol. The van der Waals surface area contributed by atoms with Crippen LogP contribution in [0.15, 0.2) is 12.2 Å². The summed E-state index contributed by atoms with van der Waals surface area (Å²) >= 11 is 0. The molecular formula is C27H56O4Si2. The molecule has 0 saturated carbocycles. The van der Waals surface area contributed by atoms with E-state index < -0.39 is 16.6 Å². The van der Waals surface area contributed by atoms with Crippen molar-refractivity contribution in [1.82, 2.24) is 0 Å². The van der Waals surface area contributed by atoms with Crippen LogP contribution < -0.4 is 0 Å². The molecule has 0 spiro atoms. The van der Waals surface area contributed by atoms with Crippen LogP contribution in [0.2, 0.25) is 36.3 Å². The zero-order valence-electron chi connectivity index (χ0n) is 23.3. The number of rotatable bonds is 18. The lowest BCUT2D eigenvalue weighted by Gasteiger charge is -2.45. The molecule has 1 fully saturated rings. The van der Waals surface area contributed by atoms with E-state index in [2.05, 4.69) is 60.6 Å². The Morgan fingerprint density at radius 1 is 0.818 bits per heavy atom. The Morgan fingerprint density at radius 2 is 1.42 bits per heavy atom. The zero-order valence-corrected chi connectivity index (χ0v) is 25.3. The van der Waals surface area contributed by atoms with Crippen molar-refractivity contribution in [3.63, 3.8) is 0 Å². The molecule has 4 atom stereocenters. The molecule has 1 heterocycles. The molecule has 0 bridgehead atoms. The highest BCUT2D eigenvalue weighted by Gasteiger charge is 2.44. The average molecular weight is 501 g/mol. The van der Waals surface area contributed by atoms with Crippen LogP contribution >= 0.6 is 0 Å². The van der Waals surface area contributed by atoms with Crippen molar-refractivity contribution in [1.29, 1.82) is 0 Å². The first-order chi connectivity index (χ1) is 15.9. The molecule has 0 aromatic heterocycles. The topological polar surface area (TPSA) is 36.9 Å². The normalized spacial score (nSPS) is 24.6. The van der Waals surface area contributed by atoms with E-state index in [1.807, 2.05) is 0 Å². The Kier molecular flexibility index (Phi) is 15.7. The van der Waals surface area contributed by atoms with E-state index in [-0.39, 0.29) is 18.5 Å². The fourth-order valence-corrected chi connectivity index (χ4v) is 10.8. The molecule has 6 heteroatoms. The second kappa shape index (κ2) is 16.6. The van der Waals surface area contributed by atoms with E-state index in [1.165, 1.54) is 61.9 Å². The maximum atomic E-state index is 7.11. The summed E-state index contributed by atoms with van der Waals surface area (Å²) in [4.78, 5) is 0. The van der Waals surface area contributed by atoms with Crippen LogP contribution in [0.5, 0.6) is 0 Å². The summed E-state index contributed by atoms with van der Waals surface area (Å²) < 4.78 is 26.1. The molecule has 1 saturated heterocycles. The van der Waals surface area contributed by atoms with Gasteiger partial charge in [0.2, 0.25) is 0 Å². The molecule has 0 unspecified atom stereocenters. The van der Waals surface area contributed by atoms with Gasteiger partial charge in [0.05, 0.1) is 18.8 Å². The molecule has 0 radical (unpaired) electrons. The van der Waals surface area contributed by atoms with Crippen LogP contribution in [0.25, 0.3) is 0 Å². The fourth-order valence-electron chi connectivity index (χ4n) is 5.23. The van der Waals surface area contributed by atoms with Crippen molar-refractivity contribution in [2.75, 3.05) is 13.7 Å². The third-order valence-corrected chi connectivity index (χ3v) is 17.7. The third kappa shape index (κ3) is 9.53. The smallest absolute Gasteiger partial charge is 0.192 e. The second-order valence-corrected chi connectivity index (χ2v) is 19.4. The van der Waals surface area contributed by atoms with Crippen molar-refractivity contribution in [3.8, 4) is 0 Å². The summed E-state index contributed by atoms with van der Waals surface area (Å²) in [6.07, 6.45) is 11.6. The number of ether oxygens (including phenoxy) is 2. The van der Waals surface area contributed by atoms with Crippen molar-refractivity contribution in [3.05, 3.63) is 12.2 Å². The van der Waals surface area contributed by atoms with Gasteiger partial charge in [-0.2, -0.15) is 0 Å². The molecule has 196 valence electrons. The number of allylic oxidation sites excluding steroid dienone is 2. The average Bonchev–Trinajstić information content (AvgIpc) is 2.86. The molecule has 1 rings (SSSR count). The molecule has 1 aliphatic heterocycles. The molecule has 0 aromatic carbocycles. The van der Waals surface area contributed by atoms with Gasteiger partial charge < -0.3 is 18.3 Å². The number of unbranched alkanes of at least 4 members (excludes halogenated alkanes) is 3. The summed E-state index contributed by atoms with van der Waals surface area (Å²) in [5, 5.41) is 0. The minimum atomic E-state index is -1.73. The third-order valence-electron chi connectivity index (χ3n) is 8.34. The molecule has 0 aromatic rings. The van der Waals surface area contributed by atoms with E-state index in [4.69, 9.17) is 18.3 Å². The predicted octanol–water partition coefficient (Wildman–Crippen LogP) is 8.30. The first-order valence-electron chi connectivity index (χ1n) is 14.1. The van der Waals surface area contributed by atoms with Crippen LogP contribution in [-0.2, 0) is 18.3 Å². The van der Waals surface area contributed by atoms with Crippen LogP contribution in [0, 0.1) is 5.92 Å². The van der Waals surface area contributed by atoms with Gasteiger partial charge in [-0.1, -0.05) is 73.5 Å². The standard InChI is InChI=1S/C27H56O4Si2/c1-9-16-17-18-19-20-21-24-25(31-33(13-5,14-6)15-7)22-27(28-8)30-26(24)23-29-32(10-2,11-3)12-4/h19-20,24-27H,9-18,21-23H2,1-8H3/b20-19-/t24-,25+,26+,27-/m0/s1. The Balaban J connectivity index is 3.10. The van der Waals surface area contributed by atoms with Crippen LogP contribution in [0.1, 0.15) is 87.0 Å². The molecule has 0 amide bonds. The number of hydrogen-bond acceptors (Lipinski definition) is 4. The molecule has 0 N–H and O–H groups in total. The molecule has 4 nitrogen and oxygen atoms in total. The minimum Gasteiger partial charge on any atom is -0.414 e. The van der Waals surface area contributed by atoms with Gasteiger partial charge in [-0.25, -0.2) is 0 Å². The van der Waals surface area contributed by atoms with Gasteiger partial charge >= 0.3 is 0 Å². The Hall–Kier alpha value is 0.0138. The highest BCUT2D eigenvalue weighted by Crippen LogP contribution is 2.36. The van der Waals surface area contributed by atoms with Gasteiger partial charge in [0.15, 0.2) is 22.9 Å². The van der Waals surface area contributed by atoms with E-state index in [0.717, 1.165) is 12.8 Å². The lowest BCUT2D eigenvalue weighted by atomic mass is 9.88. The van der Waals surface area contributed by atoms with Gasteiger partial charge in [-0.05, 0) is 55.5 Å². The molecule has 0 aliphatic carbocycles. The largest absolute Gasteiger partial charge is 0.414 e. The Morgan fingerprint density at radius 3 is 1.94 bits per heavy atom. The van der Waals surface area contributed by atoms with Crippen LogP contribution in [-0.4, -0.2) is 48.8 Å². The van der Waals surface area contributed by atoms with Crippen LogP contribution in [0.4, 0.5) is 0 Å². The summed E-state index contributed by atoms with van der Waals surface area (Å²) in [6, 6.07) is 7.02. The van der Waals surface area contributed by atoms with Crippen molar-refractivity contribution in [2.24, 2.45) is 5.92 Å². The molecule has 1 aliphatic rings. The maximum absolute atomic E-state index is 7.11. The highest BCUT2D eigenvalue weighted by atomic mass is 28.4. The van der Waals surface area contributed by atoms with Gasteiger partial charge in [0, 0.05) is 19.4 Å². The van der Waals surface area contributed by atoms with Gasteiger partial charge in [0.25, 0.3) is 0 Å². The fraction of sp³-hybridized carbons (Fsp3) is 0.926. The summed E-state index contributed by atoms with van der Waals surface area (Å²) in [5.41, 5.74) is 0. The second-order valence-electron chi connectivity index (χ2n) is 9.90. The quantitative estimate of drug-likeness (QED) is 0.108. The van der Waals surface area contributed by atoms with Gasteiger partial charge in [0.1, 0.15) is 0 Å². The van der Waals surface area contributed by atoms with E-state index in [9.17, 15) is 0 Å². The minimum absolute atomic E-state index is 0.0304. The lowest BCUT2D eigenvalue weighted by Crippen LogP contribution is -2.53. The highest BCUT2D eigenvalue weighted by molar-refractivity contribution is 6.74. The maximum Gasteiger partial charge on any atom is 0.192 e. The van der Waals surface area contributed by atoms with Crippen molar-refractivity contribution >= 4 is 16.6 Å². The molecular weight excluding hydrogens is 444 g/mol. The number of hydrogen-bond donors (Lipinski definition) is 0. The first kappa shape index (κ1) is 31.0.